The molecule has 8 heteroatoms. The summed E-state index contributed by atoms with van der Waals surface area (Å²) in [6.45, 7) is 3.16. The van der Waals surface area contributed by atoms with Gasteiger partial charge in [0.1, 0.15) is 11.9 Å². The summed E-state index contributed by atoms with van der Waals surface area (Å²) in [6, 6.07) is 11.3. The Morgan fingerprint density at radius 2 is 1.70 bits per heavy atom. The maximum absolute atomic E-state index is 12.8. The predicted molar refractivity (Wildman–Crippen MR) is 118 cm³/mol. The number of benzene rings is 1. The summed E-state index contributed by atoms with van der Waals surface area (Å²) >= 11 is 5.99. The fourth-order valence-electron chi connectivity index (χ4n) is 4.38. The summed E-state index contributed by atoms with van der Waals surface area (Å²) < 4.78 is 33.3. The molecule has 0 spiro atoms. The third-order valence-electron chi connectivity index (χ3n) is 6.00. The van der Waals surface area contributed by atoms with Gasteiger partial charge in [0, 0.05) is 49.6 Å². The standard InChI is InChI=1S/C22H28ClN3O3S/c23-19-3-1-2-18(16-19)17-30(27,28)26-14-6-20(7-15-26)25-12-8-22(9-13-25)29-21-4-10-24-11-5-21/h1-5,10-11,16,20,22H,6-9,12-15,17H2. The Hall–Kier alpha value is -1.67. The van der Waals surface area contributed by atoms with E-state index in [4.69, 9.17) is 16.3 Å². The lowest BCUT2D eigenvalue weighted by atomic mass is 10.00. The quantitative estimate of drug-likeness (QED) is 0.674. The number of sulfonamides is 1. The normalized spacial score (nSPS) is 20.3. The van der Waals surface area contributed by atoms with Crippen LogP contribution in [-0.4, -0.2) is 60.9 Å². The van der Waals surface area contributed by atoms with E-state index >= 15 is 0 Å². The molecular weight excluding hydrogens is 422 g/mol. The van der Waals surface area contributed by atoms with Gasteiger partial charge in [-0.15, -0.1) is 0 Å². The molecular formula is C22H28ClN3O3S. The van der Waals surface area contributed by atoms with Crippen LogP contribution >= 0.6 is 11.6 Å². The molecule has 162 valence electrons. The maximum Gasteiger partial charge on any atom is 0.218 e. The third kappa shape index (κ3) is 5.52. The van der Waals surface area contributed by atoms with E-state index in [1.807, 2.05) is 18.2 Å². The van der Waals surface area contributed by atoms with Crippen molar-refractivity contribution in [3.8, 4) is 5.75 Å². The van der Waals surface area contributed by atoms with Crippen molar-refractivity contribution < 1.29 is 13.2 Å². The zero-order valence-corrected chi connectivity index (χ0v) is 18.6. The molecule has 0 N–H and O–H groups in total. The largest absolute Gasteiger partial charge is 0.490 e. The summed E-state index contributed by atoms with van der Waals surface area (Å²) in [6.07, 6.45) is 7.49. The van der Waals surface area contributed by atoms with Gasteiger partial charge in [0.15, 0.2) is 0 Å². The lowest BCUT2D eigenvalue weighted by molar-refractivity contribution is 0.0585. The molecule has 0 unspecified atom stereocenters. The number of likely N-dealkylation sites (tertiary alicyclic amines) is 1. The van der Waals surface area contributed by atoms with Crippen molar-refractivity contribution in [1.82, 2.24) is 14.2 Å². The van der Waals surface area contributed by atoms with E-state index < -0.39 is 10.0 Å². The van der Waals surface area contributed by atoms with Crippen LogP contribution in [0, 0.1) is 0 Å². The Bertz CT molecular complexity index is 926. The molecule has 2 fully saturated rings. The molecule has 4 rings (SSSR count). The second-order valence-electron chi connectivity index (χ2n) is 8.05. The van der Waals surface area contributed by atoms with Gasteiger partial charge in [0.2, 0.25) is 10.0 Å². The van der Waals surface area contributed by atoms with Crippen LogP contribution in [0.5, 0.6) is 5.75 Å². The molecule has 2 aliphatic heterocycles. The first kappa shape index (κ1) is 21.6. The molecule has 2 aromatic rings. The van der Waals surface area contributed by atoms with Crippen molar-refractivity contribution in [2.75, 3.05) is 26.2 Å². The number of pyridine rings is 1. The summed E-state index contributed by atoms with van der Waals surface area (Å²) in [4.78, 5) is 6.53. The average Bonchev–Trinajstić information content (AvgIpc) is 2.75. The van der Waals surface area contributed by atoms with E-state index in [1.165, 1.54) is 0 Å². The number of rotatable bonds is 6. The highest BCUT2D eigenvalue weighted by molar-refractivity contribution is 7.88. The Balaban J connectivity index is 1.25. The van der Waals surface area contributed by atoms with Crippen LogP contribution in [-0.2, 0) is 15.8 Å². The van der Waals surface area contributed by atoms with E-state index in [0.29, 0.717) is 24.2 Å². The van der Waals surface area contributed by atoms with Crippen molar-refractivity contribution in [1.29, 1.82) is 0 Å². The van der Waals surface area contributed by atoms with E-state index in [2.05, 4.69) is 9.88 Å². The Morgan fingerprint density at radius 3 is 2.37 bits per heavy atom. The highest BCUT2D eigenvalue weighted by Gasteiger charge is 2.32. The molecule has 6 nitrogen and oxygen atoms in total. The summed E-state index contributed by atoms with van der Waals surface area (Å²) in [5, 5.41) is 0.567. The minimum Gasteiger partial charge on any atom is -0.490 e. The first-order valence-corrected chi connectivity index (χ1v) is 12.5. The van der Waals surface area contributed by atoms with E-state index in [9.17, 15) is 8.42 Å². The molecule has 2 saturated heterocycles. The third-order valence-corrected chi connectivity index (χ3v) is 8.09. The number of nitrogens with zero attached hydrogens (tertiary/aromatic N) is 3. The van der Waals surface area contributed by atoms with Crippen LogP contribution < -0.4 is 4.74 Å². The van der Waals surface area contributed by atoms with Crippen LogP contribution in [0.1, 0.15) is 31.2 Å². The minimum atomic E-state index is -3.32. The number of piperidine rings is 2. The molecule has 0 atom stereocenters. The van der Waals surface area contributed by atoms with Crippen molar-refractivity contribution in [2.24, 2.45) is 0 Å². The van der Waals surface area contributed by atoms with Gasteiger partial charge >= 0.3 is 0 Å². The predicted octanol–water partition coefficient (Wildman–Crippen LogP) is 3.57. The van der Waals surface area contributed by atoms with Gasteiger partial charge in [0.05, 0.1) is 5.75 Å². The van der Waals surface area contributed by atoms with Gasteiger partial charge in [-0.05, 0) is 55.5 Å². The van der Waals surface area contributed by atoms with Crippen LogP contribution in [0.4, 0.5) is 0 Å². The number of aromatic nitrogens is 1. The second-order valence-corrected chi connectivity index (χ2v) is 10.5. The van der Waals surface area contributed by atoms with Gasteiger partial charge in [0.25, 0.3) is 0 Å². The Labute approximate surface area is 183 Å². The number of halogens is 1. The van der Waals surface area contributed by atoms with Gasteiger partial charge < -0.3 is 9.64 Å². The summed E-state index contributed by atoms with van der Waals surface area (Å²) in [5.41, 5.74) is 0.737. The van der Waals surface area contributed by atoms with E-state index in [0.717, 1.165) is 50.1 Å². The monoisotopic (exact) mass is 449 g/mol. The van der Waals surface area contributed by atoms with Crippen LogP contribution in [0.3, 0.4) is 0 Å². The SMILES string of the molecule is O=S(=O)(Cc1cccc(Cl)c1)N1CCC(N2CCC(Oc3ccncc3)CC2)CC1. The molecule has 0 saturated carbocycles. The van der Waals surface area contributed by atoms with E-state index in [-0.39, 0.29) is 11.9 Å². The van der Waals surface area contributed by atoms with Crippen LogP contribution in [0.15, 0.2) is 48.8 Å². The van der Waals surface area contributed by atoms with E-state index in [1.54, 1.807) is 34.9 Å². The first-order chi connectivity index (χ1) is 14.5. The van der Waals surface area contributed by atoms with Crippen molar-refractivity contribution in [3.05, 3.63) is 59.4 Å². The fraction of sp³-hybridized carbons (Fsp3) is 0.500. The summed E-state index contributed by atoms with van der Waals surface area (Å²) in [5.74, 6) is 0.886. The van der Waals surface area contributed by atoms with Crippen LogP contribution in [0.2, 0.25) is 5.02 Å². The molecule has 3 heterocycles. The summed E-state index contributed by atoms with van der Waals surface area (Å²) in [7, 11) is -3.32. The van der Waals surface area contributed by atoms with Gasteiger partial charge in [-0.3, -0.25) is 4.98 Å². The molecule has 30 heavy (non-hydrogen) atoms. The molecule has 0 bridgehead atoms. The van der Waals surface area contributed by atoms with Crippen molar-refractivity contribution in [3.63, 3.8) is 0 Å². The second kappa shape index (κ2) is 9.64. The Kier molecular flexibility index (Phi) is 6.93. The topological polar surface area (TPSA) is 62.7 Å². The minimum absolute atomic E-state index is 0.00989. The average molecular weight is 450 g/mol. The molecule has 2 aliphatic rings. The van der Waals surface area contributed by atoms with Gasteiger partial charge in [-0.25, -0.2) is 12.7 Å². The first-order valence-electron chi connectivity index (χ1n) is 10.5. The Morgan fingerprint density at radius 1 is 1.00 bits per heavy atom. The van der Waals surface area contributed by atoms with Gasteiger partial charge in [-0.1, -0.05) is 23.7 Å². The maximum atomic E-state index is 12.8. The lowest BCUT2D eigenvalue weighted by Crippen LogP contribution is -2.50. The number of hydrogen-bond donors (Lipinski definition) is 0. The smallest absolute Gasteiger partial charge is 0.218 e. The molecule has 0 amide bonds. The van der Waals surface area contributed by atoms with Crippen molar-refractivity contribution in [2.45, 2.75) is 43.6 Å². The highest BCUT2D eigenvalue weighted by atomic mass is 35.5. The van der Waals surface area contributed by atoms with Crippen molar-refractivity contribution >= 4 is 21.6 Å². The lowest BCUT2D eigenvalue weighted by Gasteiger charge is -2.41. The number of hydrogen-bond acceptors (Lipinski definition) is 5. The van der Waals surface area contributed by atoms with Crippen LogP contribution in [0.25, 0.3) is 0 Å². The number of ether oxygens (including phenoxy) is 1. The zero-order chi connectivity index (χ0) is 21.0. The molecule has 1 aromatic carbocycles. The molecule has 1 aromatic heterocycles. The molecule has 0 aliphatic carbocycles. The molecule has 0 radical (unpaired) electrons. The zero-order valence-electron chi connectivity index (χ0n) is 17.0. The fourth-order valence-corrected chi connectivity index (χ4v) is 6.15. The highest BCUT2D eigenvalue weighted by Crippen LogP contribution is 2.25. The van der Waals surface area contributed by atoms with Gasteiger partial charge in [-0.2, -0.15) is 0 Å².